The SMILES string of the molecule is Cc1cc(C)cc(-n2c(C)cc(C(=O)NC3(CC(=O)O)CCOCC3)c2C)c1. The van der Waals surface area contributed by atoms with E-state index in [1.165, 1.54) is 0 Å². The number of nitrogens with zero attached hydrogens (tertiary/aromatic N) is 1. The number of rotatable bonds is 5. The lowest BCUT2D eigenvalue weighted by molar-refractivity contribution is -0.139. The average Bonchev–Trinajstić information content (AvgIpc) is 2.88. The van der Waals surface area contributed by atoms with E-state index in [1.54, 1.807) is 0 Å². The van der Waals surface area contributed by atoms with E-state index >= 15 is 0 Å². The van der Waals surface area contributed by atoms with Crippen molar-refractivity contribution in [2.75, 3.05) is 13.2 Å². The number of aromatic nitrogens is 1. The fourth-order valence-electron chi connectivity index (χ4n) is 4.18. The van der Waals surface area contributed by atoms with Gasteiger partial charge >= 0.3 is 5.97 Å². The van der Waals surface area contributed by atoms with Gasteiger partial charge in [0.2, 0.25) is 0 Å². The second kappa shape index (κ2) is 7.80. The van der Waals surface area contributed by atoms with E-state index < -0.39 is 11.5 Å². The van der Waals surface area contributed by atoms with E-state index in [0.717, 1.165) is 28.2 Å². The maximum Gasteiger partial charge on any atom is 0.305 e. The van der Waals surface area contributed by atoms with Gasteiger partial charge in [0.05, 0.1) is 17.5 Å². The van der Waals surface area contributed by atoms with Gasteiger partial charge in [0.1, 0.15) is 0 Å². The van der Waals surface area contributed by atoms with E-state index in [-0.39, 0.29) is 12.3 Å². The van der Waals surface area contributed by atoms with Crippen LogP contribution in [0.5, 0.6) is 0 Å². The molecule has 0 aliphatic carbocycles. The molecule has 1 aliphatic heterocycles. The molecule has 1 aromatic heterocycles. The Labute approximate surface area is 165 Å². The molecule has 28 heavy (non-hydrogen) atoms. The minimum absolute atomic E-state index is 0.0993. The van der Waals surface area contributed by atoms with Crippen LogP contribution in [0.2, 0.25) is 0 Å². The average molecular weight is 384 g/mol. The molecule has 1 aromatic carbocycles. The molecule has 0 atom stereocenters. The molecule has 2 heterocycles. The number of benzene rings is 1. The third-order valence-corrected chi connectivity index (χ3v) is 5.46. The van der Waals surface area contributed by atoms with Gasteiger partial charge in [-0.2, -0.15) is 0 Å². The van der Waals surface area contributed by atoms with Gasteiger partial charge in [0.25, 0.3) is 5.91 Å². The molecule has 1 saturated heterocycles. The van der Waals surface area contributed by atoms with Crippen molar-refractivity contribution in [3.05, 3.63) is 52.3 Å². The van der Waals surface area contributed by atoms with Crippen LogP contribution >= 0.6 is 0 Å². The first-order chi connectivity index (χ1) is 13.2. The molecule has 0 saturated carbocycles. The normalized spacial score (nSPS) is 16.0. The number of carbonyl (C=O) groups is 2. The van der Waals surface area contributed by atoms with Crippen molar-refractivity contribution in [1.82, 2.24) is 9.88 Å². The van der Waals surface area contributed by atoms with Crippen molar-refractivity contribution in [2.24, 2.45) is 0 Å². The number of aliphatic carboxylic acids is 1. The molecule has 6 heteroatoms. The summed E-state index contributed by atoms with van der Waals surface area (Å²) in [6.45, 7) is 8.92. The Morgan fingerprint density at radius 2 is 1.68 bits per heavy atom. The zero-order valence-corrected chi connectivity index (χ0v) is 17.0. The number of hydrogen-bond acceptors (Lipinski definition) is 3. The van der Waals surface area contributed by atoms with Gasteiger partial charge in [0, 0.05) is 30.3 Å². The van der Waals surface area contributed by atoms with Gasteiger partial charge < -0.3 is 19.7 Å². The predicted octanol–water partition coefficient (Wildman–Crippen LogP) is 3.46. The summed E-state index contributed by atoms with van der Waals surface area (Å²) in [5.41, 5.74) is 4.98. The maximum atomic E-state index is 13.1. The molecule has 3 rings (SSSR count). The summed E-state index contributed by atoms with van der Waals surface area (Å²) in [6.07, 6.45) is 0.902. The Morgan fingerprint density at radius 3 is 2.25 bits per heavy atom. The van der Waals surface area contributed by atoms with Crippen LogP contribution in [0.15, 0.2) is 24.3 Å². The minimum atomic E-state index is -0.914. The van der Waals surface area contributed by atoms with E-state index in [1.807, 2.05) is 19.9 Å². The van der Waals surface area contributed by atoms with Gasteiger partial charge in [0.15, 0.2) is 0 Å². The molecule has 150 valence electrons. The number of ether oxygens (including phenoxy) is 1. The molecule has 0 bridgehead atoms. The Kier molecular flexibility index (Phi) is 5.61. The summed E-state index contributed by atoms with van der Waals surface area (Å²) in [6, 6.07) is 8.18. The van der Waals surface area contributed by atoms with E-state index in [9.17, 15) is 14.7 Å². The summed E-state index contributed by atoms with van der Waals surface area (Å²) in [7, 11) is 0. The lowest BCUT2D eigenvalue weighted by atomic mass is 9.86. The van der Waals surface area contributed by atoms with Gasteiger partial charge in [-0.15, -0.1) is 0 Å². The van der Waals surface area contributed by atoms with E-state index in [2.05, 4.69) is 41.9 Å². The van der Waals surface area contributed by atoms with E-state index in [0.29, 0.717) is 31.6 Å². The summed E-state index contributed by atoms with van der Waals surface area (Å²) < 4.78 is 7.44. The lowest BCUT2D eigenvalue weighted by Crippen LogP contribution is -2.53. The van der Waals surface area contributed by atoms with Crippen LogP contribution in [-0.2, 0) is 9.53 Å². The van der Waals surface area contributed by atoms with Crippen LogP contribution in [-0.4, -0.2) is 40.3 Å². The Balaban J connectivity index is 1.93. The van der Waals surface area contributed by atoms with Crippen molar-refractivity contribution in [1.29, 1.82) is 0 Å². The molecule has 0 radical (unpaired) electrons. The van der Waals surface area contributed by atoms with Crippen LogP contribution < -0.4 is 5.32 Å². The van der Waals surface area contributed by atoms with Crippen molar-refractivity contribution in [3.63, 3.8) is 0 Å². The standard InChI is InChI=1S/C22H28N2O4/c1-14-9-15(2)11-18(10-14)24-16(3)12-19(17(24)4)21(27)23-22(13-20(25)26)5-7-28-8-6-22/h9-12H,5-8,13H2,1-4H3,(H,23,27)(H,25,26). The van der Waals surface area contributed by atoms with Crippen LogP contribution in [0.3, 0.4) is 0 Å². The summed E-state index contributed by atoms with van der Waals surface area (Å²) in [5.74, 6) is -1.14. The molecule has 0 unspecified atom stereocenters. The van der Waals surface area contributed by atoms with Gasteiger partial charge in [-0.05, 0) is 69.9 Å². The second-order valence-corrected chi connectivity index (χ2v) is 7.88. The number of hydrogen-bond donors (Lipinski definition) is 2. The van der Waals surface area contributed by atoms with Gasteiger partial charge in [-0.25, -0.2) is 0 Å². The Hall–Kier alpha value is -2.60. The summed E-state index contributed by atoms with van der Waals surface area (Å²) >= 11 is 0. The van der Waals surface area contributed by atoms with Crippen LogP contribution in [0.25, 0.3) is 5.69 Å². The fraction of sp³-hybridized carbons (Fsp3) is 0.455. The number of carbonyl (C=O) groups excluding carboxylic acids is 1. The highest BCUT2D eigenvalue weighted by molar-refractivity contribution is 5.96. The lowest BCUT2D eigenvalue weighted by Gasteiger charge is -2.36. The van der Waals surface area contributed by atoms with E-state index in [4.69, 9.17) is 4.74 Å². The molecule has 0 spiro atoms. The predicted molar refractivity (Wildman–Crippen MR) is 107 cm³/mol. The van der Waals surface area contributed by atoms with Gasteiger partial charge in [-0.3, -0.25) is 9.59 Å². The first kappa shape index (κ1) is 20.1. The number of amides is 1. The monoisotopic (exact) mass is 384 g/mol. The topological polar surface area (TPSA) is 80.6 Å². The van der Waals surface area contributed by atoms with Crippen LogP contribution in [0, 0.1) is 27.7 Å². The molecular weight excluding hydrogens is 356 g/mol. The third kappa shape index (κ3) is 4.12. The summed E-state index contributed by atoms with van der Waals surface area (Å²) in [5, 5.41) is 12.3. The van der Waals surface area contributed by atoms with Crippen LogP contribution in [0.4, 0.5) is 0 Å². The van der Waals surface area contributed by atoms with Crippen molar-refractivity contribution in [2.45, 2.75) is 52.5 Å². The second-order valence-electron chi connectivity index (χ2n) is 7.88. The van der Waals surface area contributed by atoms with Crippen molar-refractivity contribution >= 4 is 11.9 Å². The maximum absolute atomic E-state index is 13.1. The van der Waals surface area contributed by atoms with Gasteiger partial charge in [-0.1, -0.05) is 6.07 Å². The third-order valence-electron chi connectivity index (χ3n) is 5.46. The zero-order valence-electron chi connectivity index (χ0n) is 17.0. The smallest absolute Gasteiger partial charge is 0.305 e. The minimum Gasteiger partial charge on any atom is -0.481 e. The van der Waals surface area contributed by atoms with Crippen LogP contribution in [0.1, 0.15) is 52.1 Å². The number of carboxylic acid groups (broad SMARTS) is 1. The molecule has 1 fully saturated rings. The molecular formula is C22H28N2O4. The number of carboxylic acids is 1. The highest BCUT2D eigenvalue weighted by atomic mass is 16.5. The highest BCUT2D eigenvalue weighted by Crippen LogP contribution is 2.27. The first-order valence-corrected chi connectivity index (χ1v) is 9.60. The molecule has 1 amide bonds. The summed E-state index contributed by atoms with van der Waals surface area (Å²) in [4.78, 5) is 24.5. The highest BCUT2D eigenvalue weighted by Gasteiger charge is 2.37. The number of nitrogens with one attached hydrogen (secondary N) is 1. The fourth-order valence-corrected chi connectivity index (χ4v) is 4.18. The van der Waals surface area contributed by atoms with Crippen molar-refractivity contribution in [3.8, 4) is 5.69 Å². The van der Waals surface area contributed by atoms with Crippen molar-refractivity contribution < 1.29 is 19.4 Å². The Morgan fingerprint density at radius 1 is 1.07 bits per heavy atom. The zero-order chi connectivity index (χ0) is 20.5. The first-order valence-electron chi connectivity index (χ1n) is 9.60. The molecule has 2 N–H and O–H groups in total. The quantitative estimate of drug-likeness (QED) is 0.827. The molecule has 6 nitrogen and oxygen atoms in total. The molecule has 1 aliphatic rings. The number of aryl methyl sites for hydroxylation is 3. The Bertz CT molecular complexity index is 887. The molecule has 2 aromatic rings. The largest absolute Gasteiger partial charge is 0.481 e.